The van der Waals surface area contributed by atoms with Crippen molar-refractivity contribution in [2.24, 2.45) is 4.99 Å². The van der Waals surface area contributed by atoms with Gasteiger partial charge in [0.2, 0.25) is 0 Å². The molecule has 2 N–H and O–H groups in total. The first-order valence-corrected chi connectivity index (χ1v) is 8.91. The molecule has 0 saturated heterocycles. The number of rotatable bonds is 9. The summed E-state index contributed by atoms with van der Waals surface area (Å²) in [5.74, 6) is 0.872. The molecule has 0 unspecified atom stereocenters. The van der Waals surface area contributed by atoms with E-state index in [1.165, 1.54) is 9.88 Å². The van der Waals surface area contributed by atoms with Crippen molar-refractivity contribution in [2.75, 3.05) is 26.2 Å². The van der Waals surface area contributed by atoms with Gasteiger partial charge in [-0.15, -0.1) is 11.3 Å². The number of hydrogen-bond acceptors (Lipinski definition) is 4. The van der Waals surface area contributed by atoms with E-state index < -0.39 is 0 Å². The van der Waals surface area contributed by atoms with Crippen LogP contribution in [-0.4, -0.2) is 43.3 Å². The van der Waals surface area contributed by atoms with Gasteiger partial charge in [0.05, 0.1) is 16.8 Å². The highest BCUT2D eigenvalue weighted by atomic mass is 32.1. The fourth-order valence-electron chi connectivity index (χ4n) is 1.85. The molecule has 126 valence electrons. The molecular weight excluding hydrogens is 296 g/mol. The van der Waals surface area contributed by atoms with Crippen LogP contribution >= 0.6 is 11.3 Å². The second-order valence-corrected chi connectivity index (χ2v) is 6.75. The standard InChI is InChI=1S/C16H30N4OS/c1-6-17-16(18-9-7-11-21-12(2)3)19-10-8-15-20-13(4)14(5)22-15/h12H,6-11H2,1-5H3,(H2,17,18,19). The van der Waals surface area contributed by atoms with Gasteiger partial charge < -0.3 is 15.4 Å². The van der Waals surface area contributed by atoms with Crippen molar-refractivity contribution in [1.82, 2.24) is 15.6 Å². The predicted molar refractivity (Wildman–Crippen MR) is 95.0 cm³/mol. The Kier molecular flexibility index (Phi) is 9.08. The normalized spacial score (nSPS) is 12.0. The van der Waals surface area contributed by atoms with Crippen molar-refractivity contribution < 1.29 is 4.74 Å². The van der Waals surface area contributed by atoms with E-state index in [9.17, 15) is 0 Å². The third-order valence-corrected chi connectivity index (χ3v) is 4.20. The van der Waals surface area contributed by atoms with Crippen LogP contribution in [0.4, 0.5) is 0 Å². The maximum atomic E-state index is 5.52. The number of nitrogens with one attached hydrogen (secondary N) is 2. The number of thiazole rings is 1. The summed E-state index contributed by atoms with van der Waals surface area (Å²) in [4.78, 5) is 10.4. The lowest BCUT2D eigenvalue weighted by molar-refractivity contribution is 0.0782. The van der Waals surface area contributed by atoms with Gasteiger partial charge in [-0.3, -0.25) is 4.99 Å². The molecule has 0 aromatic carbocycles. The van der Waals surface area contributed by atoms with Gasteiger partial charge in [0.1, 0.15) is 0 Å². The van der Waals surface area contributed by atoms with Crippen LogP contribution in [0.5, 0.6) is 0 Å². The van der Waals surface area contributed by atoms with E-state index in [0.29, 0.717) is 6.10 Å². The average Bonchev–Trinajstić information content (AvgIpc) is 2.77. The predicted octanol–water partition coefficient (Wildman–Crippen LogP) is 2.67. The van der Waals surface area contributed by atoms with Crippen LogP contribution in [0.3, 0.4) is 0 Å². The molecule has 1 rings (SSSR count). The summed E-state index contributed by atoms with van der Waals surface area (Å²) in [7, 11) is 0. The van der Waals surface area contributed by atoms with Crippen LogP contribution in [0.15, 0.2) is 4.99 Å². The van der Waals surface area contributed by atoms with Crippen LogP contribution in [0, 0.1) is 13.8 Å². The van der Waals surface area contributed by atoms with Gasteiger partial charge in [0, 0.05) is 37.5 Å². The van der Waals surface area contributed by atoms with Crippen LogP contribution in [0.2, 0.25) is 0 Å². The molecule has 22 heavy (non-hydrogen) atoms. The van der Waals surface area contributed by atoms with E-state index in [4.69, 9.17) is 4.74 Å². The van der Waals surface area contributed by atoms with Gasteiger partial charge in [0.25, 0.3) is 0 Å². The van der Waals surface area contributed by atoms with E-state index in [1.807, 2.05) is 0 Å². The number of hydrogen-bond donors (Lipinski definition) is 2. The molecule has 0 aliphatic rings. The van der Waals surface area contributed by atoms with Crippen molar-refractivity contribution in [3.05, 3.63) is 15.6 Å². The molecule has 0 atom stereocenters. The number of nitrogens with zero attached hydrogens (tertiary/aromatic N) is 2. The van der Waals surface area contributed by atoms with Crippen LogP contribution in [0.1, 0.15) is 42.8 Å². The molecule has 0 aliphatic heterocycles. The Morgan fingerprint density at radius 1 is 1.32 bits per heavy atom. The quantitative estimate of drug-likeness (QED) is 0.416. The van der Waals surface area contributed by atoms with E-state index in [-0.39, 0.29) is 0 Å². The number of aryl methyl sites for hydroxylation is 2. The maximum Gasteiger partial charge on any atom is 0.191 e. The summed E-state index contributed by atoms with van der Waals surface area (Å²) in [5.41, 5.74) is 1.14. The molecule has 0 saturated carbocycles. The Hall–Kier alpha value is -1.14. The maximum absolute atomic E-state index is 5.52. The second-order valence-electron chi connectivity index (χ2n) is 5.46. The first-order chi connectivity index (χ1) is 10.5. The average molecular weight is 327 g/mol. The highest BCUT2D eigenvalue weighted by Gasteiger charge is 2.04. The van der Waals surface area contributed by atoms with Crippen molar-refractivity contribution in [3.8, 4) is 0 Å². The van der Waals surface area contributed by atoms with Crippen molar-refractivity contribution in [3.63, 3.8) is 0 Å². The summed E-state index contributed by atoms with van der Waals surface area (Å²) in [6.07, 6.45) is 2.17. The molecule has 0 radical (unpaired) electrons. The summed E-state index contributed by atoms with van der Waals surface area (Å²) in [6, 6.07) is 0. The molecule has 5 nitrogen and oxygen atoms in total. The first kappa shape index (κ1) is 18.9. The molecule has 0 aliphatic carbocycles. The first-order valence-electron chi connectivity index (χ1n) is 8.09. The minimum absolute atomic E-state index is 0.292. The molecule has 0 spiro atoms. The molecular formula is C16H30N4OS. The zero-order valence-electron chi connectivity index (χ0n) is 14.5. The monoisotopic (exact) mass is 326 g/mol. The second kappa shape index (κ2) is 10.6. The Morgan fingerprint density at radius 3 is 2.68 bits per heavy atom. The molecule has 1 heterocycles. The molecule has 1 aromatic rings. The zero-order valence-corrected chi connectivity index (χ0v) is 15.3. The number of aliphatic imine (C=N–C) groups is 1. The highest BCUT2D eigenvalue weighted by Crippen LogP contribution is 2.16. The largest absolute Gasteiger partial charge is 0.379 e. The lowest BCUT2D eigenvalue weighted by atomic mass is 10.4. The van der Waals surface area contributed by atoms with Crippen LogP contribution < -0.4 is 10.6 Å². The Labute approximate surface area is 138 Å². The minimum atomic E-state index is 0.292. The smallest absolute Gasteiger partial charge is 0.191 e. The third-order valence-electron chi connectivity index (χ3n) is 3.07. The Balaban J connectivity index is 2.30. The molecule has 1 aromatic heterocycles. The van der Waals surface area contributed by atoms with E-state index in [0.717, 1.165) is 50.7 Å². The van der Waals surface area contributed by atoms with Crippen molar-refractivity contribution >= 4 is 17.3 Å². The molecule has 0 amide bonds. The van der Waals surface area contributed by atoms with E-state index in [1.54, 1.807) is 11.3 Å². The fourth-order valence-corrected chi connectivity index (χ4v) is 2.78. The van der Waals surface area contributed by atoms with Crippen LogP contribution in [0.25, 0.3) is 0 Å². The topological polar surface area (TPSA) is 58.5 Å². The minimum Gasteiger partial charge on any atom is -0.379 e. The highest BCUT2D eigenvalue weighted by molar-refractivity contribution is 7.11. The number of ether oxygens (including phenoxy) is 1. The Bertz CT molecular complexity index is 437. The van der Waals surface area contributed by atoms with Crippen molar-refractivity contribution in [1.29, 1.82) is 0 Å². The van der Waals surface area contributed by atoms with Gasteiger partial charge in [0.15, 0.2) is 5.96 Å². The Morgan fingerprint density at radius 2 is 2.09 bits per heavy atom. The summed E-state index contributed by atoms with van der Waals surface area (Å²) < 4.78 is 5.52. The van der Waals surface area contributed by atoms with E-state index >= 15 is 0 Å². The zero-order chi connectivity index (χ0) is 16.4. The summed E-state index contributed by atoms with van der Waals surface area (Å²) in [6.45, 7) is 13.6. The lowest BCUT2D eigenvalue weighted by Crippen LogP contribution is -2.38. The van der Waals surface area contributed by atoms with Crippen molar-refractivity contribution in [2.45, 2.75) is 53.6 Å². The van der Waals surface area contributed by atoms with Gasteiger partial charge >= 0.3 is 0 Å². The SMILES string of the molecule is CCNC(=NCCCOC(C)C)NCCc1nc(C)c(C)s1. The van der Waals surface area contributed by atoms with E-state index in [2.05, 4.69) is 55.2 Å². The third kappa shape index (κ3) is 7.75. The van der Waals surface area contributed by atoms with Gasteiger partial charge in [-0.1, -0.05) is 0 Å². The fraction of sp³-hybridized carbons (Fsp3) is 0.750. The lowest BCUT2D eigenvalue weighted by Gasteiger charge is -2.11. The van der Waals surface area contributed by atoms with Gasteiger partial charge in [-0.25, -0.2) is 4.98 Å². The summed E-state index contributed by atoms with van der Waals surface area (Å²) >= 11 is 1.78. The van der Waals surface area contributed by atoms with Gasteiger partial charge in [-0.2, -0.15) is 0 Å². The molecule has 0 bridgehead atoms. The molecule has 6 heteroatoms. The number of guanidine groups is 1. The number of aromatic nitrogens is 1. The summed E-state index contributed by atoms with van der Waals surface area (Å²) in [5, 5.41) is 7.81. The van der Waals surface area contributed by atoms with Gasteiger partial charge in [-0.05, 0) is 41.0 Å². The molecule has 0 fully saturated rings. The van der Waals surface area contributed by atoms with Crippen LogP contribution in [-0.2, 0) is 11.2 Å².